The Morgan fingerprint density at radius 1 is 1.10 bits per heavy atom. The normalized spacial score (nSPS) is 12.4. The molecule has 3 aromatic rings. The molecule has 0 saturated heterocycles. The second-order valence-corrected chi connectivity index (χ2v) is 9.07. The van der Waals surface area contributed by atoms with Crippen molar-refractivity contribution in [3.05, 3.63) is 76.6 Å². The van der Waals surface area contributed by atoms with Gasteiger partial charge in [-0.3, -0.25) is 0 Å². The summed E-state index contributed by atoms with van der Waals surface area (Å²) in [6.45, 7) is 5.45. The van der Waals surface area contributed by atoms with Gasteiger partial charge in [-0.25, -0.2) is 4.79 Å². The molecule has 30 heavy (non-hydrogen) atoms. The Kier molecular flexibility index (Phi) is 7.39. The molecule has 0 unspecified atom stereocenters. The summed E-state index contributed by atoms with van der Waals surface area (Å²) in [5.74, 6) is 1.00. The van der Waals surface area contributed by atoms with Gasteiger partial charge in [0.15, 0.2) is 0 Å². The lowest BCUT2D eigenvalue weighted by Gasteiger charge is -2.22. The number of aromatic nitrogens is 2. The summed E-state index contributed by atoms with van der Waals surface area (Å²) < 4.78 is 11.2. The Balaban J connectivity index is 1.70. The van der Waals surface area contributed by atoms with Crippen LogP contribution in [0.25, 0.3) is 0 Å². The van der Waals surface area contributed by atoms with Crippen molar-refractivity contribution in [2.75, 3.05) is 0 Å². The SMILES string of the molecule is CC(C)(C)OC(=O)N[C@@H](Cc1ccccc1)c1nnc(SCc2ccc(Cl)cc2)o1. The Hall–Kier alpha value is -2.51. The molecular formula is C22H24ClN3O3S. The van der Waals surface area contributed by atoms with E-state index < -0.39 is 17.7 Å². The molecule has 0 aliphatic carbocycles. The van der Waals surface area contributed by atoms with Gasteiger partial charge in [-0.1, -0.05) is 65.8 Å². The molecule has 0 saturated carbocycles. The standard InChI is InChI=1S/C22H24ClN3O3S/c1-22(2,3)29-20(27)24-18(13-15-7-5-4-6-8-15)19-25-26-21(28-19)30-14-16-9-11-17(23)12-10-16/h4-12,18H,13-14H2,1-3H3,(H,24,27)/t18-/m0/s1. The summed E-state index contributed by atoms with van der Waals surface area (Å²) in [4.78, 5) is 12.3. The number of amides is 1. The predicted octanol–water partition coefficient (Wildman–Crippen LogP) is 5.82. The molecule has 2 aromatic carbocycles. The topological polar surface area (TPSA) is 77.2 Å². The Morgan fingerprint density at radius 3 is 2.47 bits per heavy atom. The van der Waals surface area contributed by atoms with Crippen LogP contribution in [0.3, 0.4) is 0 Å². The zero-order valence-corrected chi connectivity index (χ0v) is 18.7. The summed E-state index contributed by atoms with van der Waals surface area (Å²) in [7, 11) is 0. The number of nitrogens with zero attached hydrogens (tertiary/aromatic N) is 2. The van der Waals surface area contributed by atoms with Crippen molar-refractivity contribution in [1.82, 2.24) is 15.5 Å². The summed E-state index contributed by atoms with van der Waals surface area (Å²) in [6, 6.07) is 16.9. The zero-order valence-electron chi connectivity index (χ0n) is 17.1. The number of rotatable bonds is 7. The molecule has 1 N–H and O–H groups in total. The second kappa shape index (κ2) is 10.00. The van der Waals surface area contributed by atoms with E-state index in [9.17, 15) is 4.79 Å². The quantitative estimate of drug-likeness (QED) is 0.461. The van der Waals surface area contributed by atoms with Crippen molar-refractivity contribution >= 4 is 29.5 Å². The van der Waals surface area contributed by atoms with Gasteiger partial charge < -0.3 is 14.5 Å². The fourth-order valence-corrected chi connectivity index (χ4v) is 3.50. The van der Waals surface area contributed by atoms with Gasteiger partial charge in [-0.15, -0.1) is 10.2 Å². The number of halogens is 1. The molecule has 0 spiro atoms. The molecule has 0 bridgehead atoms. The summed E-state index contributed by atoms with van der Waals surface area (Å²) in [6.07, 6.45) is -0.0270. The number of carbonyl (C=O) groups is 1. The molecule has 1 aromatic heterocycles. The van der Waals surface area contributed by atoms with Crippen molar-refractivity contribution in [3.63, 3.8) is 0 Å². The van der Waals surface area contributed by atoms with Crippen molar-refractivity contribution in [2.24, 2.45) is 0 Å². The molecule has 1 amide bonds. The van der Waals surface area contributed by atoms with Crippen LogP contribution in [0.1, 0.15) is 43.8 Å². The minimum atomic E-state index is -0.601. The monoisotopic (exact) mass is 445 g/mol. The number of nitrogens with one attached hydrogen (secondary N) is 1. The van der Waals surface area contributed by atoms with Crippen molar-refractivity contribution < 1.29 is 13.9 Å². The van der Waals surface area contributed by atoms with Gasteiger partial charge >= 0.3 is 6.09 Å². The van der Waals surface area contributed by atoms with Gasteiger partial charge in [0, 0.05) is 17.2 Å². The maximum atomic E-state index is 12.3. The fraction of sp³-hybridized carbons (Fsp3) is 0.318. The van der Waals surface area contributed by atoms with E-state index in [1.807, 2.05) is 75.4 Å². The Labute approximate surface area is 185 Å². The van der Waals surface area contributed by atoms with Gasteiger partial charge in [0.1, 0.15) is 11.6 Å². The molecule has 0 radical (unpaired) electrons. The number of benzene rings is 2. The molecule has 1 heterocycles. The third-order valence-corrected chi connectivity index (χ3v) is 5.11. The number of hydrogen-bond acceptors (Lipinski definition) is 6. The first-order valence-electron chi connectivity index (χ1n) is 9.52. The smallest absolute Gasteiger partial charge is 0.408 e. The van der Waals surface area contributed by atoms with Gasteiger partial charge in [-0.2, -0.15) is 0 Å². The average molecular weight is 446 g/mol. The number of alkyl carbamates (subject to hydrolysis) is 1. The van der Waals surface area contributed by atoms with Gasteiger partial charge in [0.2, 0.25) is 5.89 Å². The Bertz CT molecular complexity index is 956. The maximum absolute atomic E-state index is 12.3. The van der Waals surface area contributed by atoms with Gasteiger partial charge in [0.25, 0.3) is 5.22 Å². The second-order valence-electron chi connectivity index (χ2n) is 7.71. The average Bonchev–Trinajstić information content (AvgIpc) is 3.15. The van der Waals surface area contributed by atoms with Crippen LogP contribution in [-0.2, 0) is 16.9 Å². The molecule has 158 valence electrons. The number of ether oxygens (including phenoxy) is 1. The van der Waals surface area contributed by atoms with Crippen LogP contribution in [0.5, 0.6) is 0 Å². The Morgan fingerprint density at radius 2 is 1.80 bits per heavy atom. The fourth-order valence-electron chi connectivity index (χ4n) is 2.64. The largest absolute Gasteiger partial charge is 0.444 e. The first kappa shape index (κ1) is 22.2. The molecule has 1 atom stereocenters. The van der Waals surface area contributed by atoms with E-state index in [0.29, 0.717) is 28.3 Å². The van der Waals surface area contributed by atoms with E-state index in [1.165, 1.54) is 11.8 Å². The van der Waals surface area contributed by atoms with E-state index in [4.69, 9.17) is 20.8 Å². The summed E-state index contributed by atoms with van der Waals surface area (Å²) in [5, 5.41) is 12.3. The van der Waals surface area contributed by atoms with Crippen LogP contribution in [0.4, 0.5) is 4.79 Å². The molecule has 0 aliphatic heterocycles. The molecule has 0 aliphatic rings. The highest BCUT2D eigenvalue weighted by Gasteiger charge is 2.25. The molecular weight excluding hydrogens is 422 g/mol. The highest BCUT2D eigenvalue weighted by Crippen LogP contribution is 2.26. The van der Waals surface area contributed by atoms with Crippen LogP contribution < -0.4 is 5.32 Å². The summed E-state index contributed by atoms with van der Waals surface area (Å²) in [5.41, 5.74) is 1.53. The van der Waals surface area contributed by atoms with Crippen LogP contribution in [0, 0.1) is 0 Å². The maximum Gasteiger partial charge on any atom is 0.408 e. The first-order valence-corrected chi connectivity index (χ1v) is 10.9. The lowest BCUT2D eigenvalue weighted by atomic mass is 10.1. The first-order chi connectivity index (χ1) is 14.3. The molecule has 8 heteroatoms. The van der Waals surface area contributed by atoms with Crippen molar-refractivity contribution in [2.45, 2.75) is 49.8 Å². The highest BCUT2D eigenvalue weighted by atomic mass is 35.5. The van der Waals surface area contributed by atoms with E-state index in [2.05, 4.69) is 15.5 Å². The van der Waals surface area contributed by atoms with E-state index in [-0.39, 0.29) is 0 Å². The zero-order chi connectivity index (χ0) is 21.6. The van der Waals surface area contributed by atoms with Crippen LogP contribution in [0.15, 0.2) is 64.2 Å². The van der Waals surface area contributed by atoms with Crippen molar-refractivity contribution in [1.29, 1.82) is 0 Å². The molecule has 0 fully saturated rings. The van der Waals surface area contributed by atoms with Gasteiger partial charge in [0.05, 0.1) is 0 Å². The van der Waals surface area contributed by atoms with Crippen molar-refractivity contribution in [3.8, 4) is 0 Å². The van der Waals surface area contributed by atoms with Gasteiger partial charge in [-0.05, 0) is 44.0 Å². The molecule has 3 rings (SSSR count). The summed E-state index contributed by atoms with van der Waals surface area (Å²) >= 11 is 7.35. The van der Waals surface area contributed by atoms with Crippen LogP contribution in [0.2, 0.25) is 5.02 Å². The van der Waals surface area contributed by atoms with E-state index in [1.54, 1.807) is 0 Å². The molecule has 6 nitrogen and oxygen atoms in total. The minimum absolute atomic E-state index is 0.336. The number of carbonyl (C=O) groups excluding carboxylic acids is 1. The third-order valence-electron chi connectivity index (χ3n) is 3.97. The number of thioether (sulfide) groups is 1. The predicted molar refractivity (Wildman–Crippen MR) is 118 cm³/mol. The highest BCUT2D eigenvalue weighted by molar-refractivity contribution is 7.98. The van der Waals surface area contributed by atoms with E-state index >= 15 is 0 Å². The lowest BCUT2D eigenvalue weighted by molar-refractivity contribution is 0.0494. The number of hydrogen-bond donors (Lipinski definition) is 1. The van der Waals surface area contributed by atoms with Crippen LogP contribution >= 0.6 is 23.4 Å². The third kappa shape index (κ3) is 7.07. The van der Waals surface area contributed by atoms with E-state index in [0.717, 1.165) is 11.1 Å². The minimum Gasteiger partial charge on any atom is -0.444 e. The van der Waals surface area contributed by atoms with Crippen LogP contribution in [-0.4, -0.2) is 21.9 Å². The lowest BCUT2D eigenvalue weighted by Crippen LogP contribution is -2.36.